The lowest BCUT2D eigenvalue weighted by atomic mass is 10.4. The molecule has 0 amide bonds. The minimum absolute atomic E-state index is 0.0368. The molecular formula is C10H10ClF3N4O2. The second-order valence-electron chi connectivity index (χ2n) is 4.28. The number of rotatable bonds is 2. The molecule has 2 aromatic heterocycles. The van der Waals surface area contributed by atoms with E-state index in [9.17, 15) is 22.8 Å². The van der Waals surface area contributed by atoms with Gasteiger partial charge in [-0.3, -0.25) is 13.9 Å². The van der Waals surface area contributed by atoms with Crippen molar-refractivity contribution >= 4 is 22.8 Å². The molecule has 0 aromatic carbocycles. The van der Waals surface area contributed by atoms with Crippen LogP contribution in [0.25, 0.3) is 11.2 Å². The average Bonchev–Trinajstić information content (AvgIpc) is 2.67. The van der Waals surface area contributed by atoms with Gasteiger partial charge in [-0.15, -0.1) is 0 Å². The van der Waals surface area contributed by atoms with Gasteiger partial charge in [-0.25, -0.2) is 4.79 Å². The minimum atomic E-state index is -4.38. The Morgan fingerprint density at radius 2 is 1.80 bits per heavy atom. The van der Waals surface area contributed by atoms with E-state index < -0.39 is 30.4 Å². The molecule has 0 bridgehead atoms. The molecule has 0 radical (unpaired) electrons. The number of nitrogens with zero attached hydrogens (tertiary/aromatic N) is 4. The van der Waals surface area contributed by atoms with Crippen LogP contribution in [0.2, 0.25) is 5.28 Å². The first-order valence-corrected chi connectivity index (χ1v) is 5.90. The van der Waals surface area contributed by atoms with Gasteiger partial charge in [-0.05, 0) is 11.6 Å². The lowest BCUT2D eigenvalue weighted by molar-refractivity contribution is -0.136. The predicted molar refractivity (Wildman–Crippen MR) is 65.9 cm³/mol. The predicted octanol–water partition coefficient (Wildman–Crippen LogP) is 1.04. The van der Waals surface area contributed by atoms with E-state index >= 15 is 0 Å². The summed E-state index contributed by atoms with van der Waals surface area (Å²) in [7, 11) is 2.60. The number of hydrogen-bond donors (Lipinski definition) is 0. The van der Waals surface area contributed by atoms with Gasteiger partial charge in [0.2, 0.25) is 5.28 Å². The van der Waals surface area contributed by atoms with Crippen molar-refractivity contribution in [1.82, 2.24) is 18.7 Å². The van der Waals surface area contributed by atoms with E-state index in [4.69, 9.17) is 11.6 Å². The highest BCUT2D eigenvalue weighted by Crippen LogP contribution is 2.23. The summed E-state index contributed by atoms with van der Waals surface area (Å²) < 4.78 is 39.7. The number of alkyl halides is 3. The molecule has 110 valence electrons. The van der Waals surface area contributed by atoms with Crippen LogP contribution in [0.3, 0.4) is 0 Å². The van der Waals surface area contributed by atoms with Crippen LogP contribution in [0.15, 0.2) is 9.59 Å². The molecule has 10 heteroatoms. The summed E-state index contributed by atoms with van der Waals surface area (Å²) in [6.07, 6.45) is -5.53. The molecule has 0 saturated heterocycles. The van der Waals surface area contributed by atoms with Gasteiger partial charge in [-0.1, -0.05) is 0 Å². The fraction of sp³-hybridized carbons (Fsp3) is 0.500. The Kier molecular flexibility index (Phi) is 3.41. The first-order valence-electron chi connectivity index (χ1n) is 5.52. The van der Waals surface area contributed by atoms with Crippen LogP contribution in [-0.4, -0.2) is 24.9 Å². The molecule has 20 heavy (non-hydrogen) atoms. The molecule has 0 aliphatic carbocycles. The molecule has 2 rings (SSSR count). The van der Waals surface area contributed by atoms with E-state index in [-0.39, 0.29) is 16.4 Å². The summed E-state index contributed by atoms with van der Waals surface area (Å²) in [5.41, 5.74) is -1.52. The number of fused-ring (bicyclic) bond motifs is 1. The van der Waals surface area contributed by atoms with Crippen molar-refractivity contribution in [2.45, 2.75) is 19.1 Å². The highest BCUT2D eigenvalue weighted by Gasteiger charge is 2.28. The Morgan fingerprint density at radius 1 is 1.20 bits per heavy atom. The molecule has 0 aliphatic rings. The topological polar surface area (TPSA) is 61.8 Å². The molecule has 0 N–H and O–H groups in total. The Hall–Kier alpha value is -1.77. The van der Waals surface area contributed by atoms with Crippen molar-refractivity contribution in [3.8, 4) is 0 Å². The summed E-state index contributed by atoms with van der Waals surface area (Å²) in [5.74, 6) is 0. The summed E-state index contributed by atoms with van der Waals surface area (Å²) in [6.45, 7) is -0.535. The fourth-order valence-electron chi connectivity index (χ4n) is 1.86. The van der Waals surface area contributed by atoms with Gasteiger partial charge in [0, 0.05) is 20.6 Å². The van der Waals surface area contributed by atoms with E-state index in [0.29, 0.717) is 0 Å². The SMILES string of the molecule is Cn1c(=O)c2c(nc(Cl)n2CCC(F)(F)F)n(C)c1=O. The number of imidazole rings is 1. The lowest BCUT2D eigenvalue weighted by Gasteiger charge is -2.09. The molecule has 2 heterocycles. The summed E-state index contributed by atoms with van der Waals surface area (Å²) in [6, 6.07) is 0. The fourth-order valence-corrected chi connectivity index (χ4v) is 2.11. The Balaban J connectivity index is 2.71. The van der Waals surface area contributed by atoms with Gasteiger partial charge in [0.15, 0.2) is 11.2 Å². The second kappa shape index (κ2) is 4.65. The van der Waals surface area contributed by atoms with E-state index in [1.807, 2.05) is 0 Å². The standard InChI is InChI=1S/C10H10ClF3N4O2/c1-16-6-5(7(19)17(2)9(16)20)18(8(11)15-6)4-3-10(12,13)14/h3-4H2,1-2H3. The number of halogens is 4. The van der Waals surface area contributed by atoms with Crippen molar-refractivity contribution in [3.63, 3.8) is 0 Å². The van der Waals surface area contributed by atoms with Crippen LogP contribution in [0, 0.1) is 0 Å². The first kappa shape index (κ1) is 14.6. The highest BCUT2D eigenvalue weighted by atomic mass is 35.5. The van der Waals surface area contributed by atoms with Crippen LogP contribution in [0.4, 0.5) is 13.2 Å². The zero-order chi connectivity index (χ0) is 15.2. The van der Waals surface area contributed by atoms with Gasteiger partial charge < -0.3 is 4.57 Å². The van der Waals surface area contributed by atoms with E-state index in [1.165, 1.54) is 14.1 Å². The third-order valence-corrected chi connectivity index (χ3v) is 3.21. The maximum Gasteiger partial charge on any atom is 0.390 e. The Bertz CT molecular complexity index is 787. The number of aryl methyl sites for hydroxylation is 2. The van der Waals surface area contributed by atoms with Crippen molar-refractivity contribution in [2.24, 2.45) is 14.1 Å². The normalized spacial score (nSPS) is 12.3. The molecule has 0 spiro atoms. The lowest BCUT2D eigenvalue weighted by Crippen LogP contribution is -2.37. The Morgan fingerprint density at radius 3 is 2.35 bits per heavy atom. The van der Waals surface area contributed by atoms with Crippen molar-refractivity contribution < 1.29 is 13.2 Å². The van der Waals surface area contributed by atoms with Gasteiger partial charge in [-0.2, -0.15) is 18.2 Å². The summed E-state index contributed by atoms with van der Waals surface area (Å²) in [4.78, 5) is 27.5. The third-order valence-electron chi connectivity index (χ3n) is 2.92. The molecule has 0 fully saturated rings. The van der Waals surface area contributed by atoms with Crippen LogP contribution in [-0.2, 0) is 20.6 Å². The van der Waals surface area contributed by atoms with Crippen LogP contribution < -0.4 is 11.2 Å². The van der Waals surface area contributed by atoms with Crippen molar-refractivity contribution in [2.75, 3.05) is 0 Å². The molecule has 0 aliphatic heterocycles. The quantitative estimate of drug-likeness (QED) is 0.779. The smallest absolute Gasteiger partial charge is 0.308 e. The second-order valence-corrected chi connectivity index (χ2v) is 4.61. The van der Waals surface area contributed by atoms with Crippen molar-refractivity contribution in [1.29, 1.82) is 0 Å². The Labute approximate surface area is 115 Å². The van der Waals surface area contributed by atoms with Crippen LogP contribution >= 0.6 is 11.6 Å². The van der Waals surface area contributed by atoms with E-state index in [2.05, 4.69) is 4.98 Å². The summed E-state index contributed by atoms with van der Waals surface area (Å²) >= 11 is 5.77. The van der Waals surface area contributed by atoms with E-state index in [1.54, 1.807) is 0 Å². The molecule has 6 nitrogen and oxygen atoms in total. The monoisotopic (exact) mass is 310 g/mol. The molecule has 2 aromatic rings. The van der Waals surface area contributed by atoms with Gasteiger partial charge >= 0.3 is 11.9 Å². The number of hydrogen-bond acceptors (Lipinski definition) is 3. The van der Waals surface area contributed by atoms with Crippen LogP contribution in [0.1, 0.15) is 6.42 Å². The minimum Gasteiger partial charge on any atom is -0.308 e. The van der Waals surface area contributed by atoms with E-state index in [0.717, 1.165) is 13.7 Å². The van der Waals surface area contributed by atoms with Crippen molar-refractivity contribution in [3.05, 3.63) is 26.1 Å². The largest absolute Gasteiger partial charge is 0.390 e. The average molecular weight is 311 g/mol. The highest BCUT2D eigenvalue weighted by molar-refractivity contribution is 6.29. The van der Waals surface area contributed by atoms with Crippen LogP contribution in [0.5, 0.6) is 0 Å². The maximum absolute atomic E-state index is 12.3. The third kappa shape index (κ3) is 2.33. The first-order chi connectivity index (χ1) is 9.13. The molecule has 0 saturated carbocycles. The zero-order valence-corrected chi connectivity index (χ0v) is 11.3. The summed E-state index contributed by atoms with van der Waals surface area (Å²) in [5, 5.41) is -0.262. The molecular weight excluding hydrogens is 301 g/mol. The number of aromatic nitrogens is 4. The van der Waals surface area contributed by atoms with Gasteiger partial charge in [0.25, 0.3) is 5.56 Å². The van der Waals surface area contributed by atoms with Gasteiger partial charge in [0.1, 0.15) is 0 Å². The molecule has 0 atom stereocenters. The maximum atomic E-state index is 12.3. The van der Waals surface area contributed by atoms with Gasteiger partial charge in [0.05, 0.1) is 6.42 Å². The zero-order valence-electron chi connectivity index (χ0n) is 10.5. The molecule has 0 unspecified atom stereocenters.